The van der Waals surface area contributed by atoms with Crippen LogP contribution in [0.3, 0.4) is 0 Å². The highest BCUT2D eigenvalue weighted by molar-refractivity contribution is 5.88. The third kappa shape index (κ3) is 4.42. The van der Waals surface area contributed by atoms with Gasteiger partial charge in [0.25, 0.3) is 0 Å². The molecule has 2 aromatic rings. The Hall–Kier alpha value is -2.14. The van der Waals surface area contributed by atoms with Crippen LogP contribution in [-0.4, -0.2) is 34.3 Å². The Balaban J connectivity index is 2.38. The van der Waals surface area contributed by atoms with Gasteiger partial charge in [-0.2, -0.15) is 0 Å². The monoisotopic (exact) mass is 316 g/mol. The highest BCUT2D eigenvalue weighted by atomic mass is 16.5. The standard InChI is InChI=1S/C18H24N2O3/c1-13(2)11-17-19-15-12-14(6-8-18(22)23-3)5-7-16(15)20(17)9-4-10-21/h5-8,12-13,21H,4,9-11H2,1-3H3/b8-6+. The zero-order chi connectivity index (χ0) is 16.8. The first-order chi connectivity index (χ1) is 11.0. The Morgan fingerprint density at radius 3 is 2.87 bits per heavy atom. The van der Waals surface area contributed by atoms with E-state index >= 15 is 0 Å². The van der Waals surface area contributed by atoms with Crippen LogP contribution in [-0.2, 0) is 22.5 Å². The molecule has 23 heavy (non-hydrogen) atoms. The van der Waals surface area contributed by atoms with Gasteiger partial charge in [-0.1, -0.05) is 19.9 Å². The number of aryl methyl sites for hydroxylation is 1. The molecule has 0 amide bonds. The summed E-state index contributed by atoms with van der Waals surface area (Å²) >= 11 is 0. The SMILES string of the molecule is COC(=O)/C=C/c1ccc2c(c1)nc(CC(C)C)n2CCCO. The van der Waals surface area contributed by atoms with Gasteiger partial charge in [0.15, 0.2) is 0 Å². The van der Waals surface area contributed by atoms with E-state index in [-0.39, 0.29) is 12.6 Å². The van der Waals surface area contributed by atoms with Crippen molar-refractivity contribution in [1.29, 1.82) is 0 Å². The molecule has 0 atom stereocenters. The average Bonchev–Trinajstić information content (AvgIpc) is 2.86. The van der Waals surface area contributed by atoms with E-state index in [0.29, 0.717) is 12.3 Å². The van der Waals surface area contributed by atoms with Gasteiger partial charge in [-0.3, -0.25) is 0 Å². The van der Waals surface area contributed by atoms with Gasteiger partial charge in [-0.05, 0) is 36.1 Å². The molecule has 0 unspecified atom stereocenters. The van der Waals surface area contributed by atoms with Crippen LogP contribution in [0, 0.1) is 5.92 Å². The summed E-state index contributed by atoms with van der Waals surface area (Å²) in [5, 5.41) is 9.11. The Bertz CT molecular complexity index is 702. The second-order valence-corrected chi connectivity index (χ2v) is 5.96. The molecule has 124 valence electrons. The summed E-state index contributed by atoms with van der Waals surface area (Å²) in [6.45, 7) is 5.26. The maximum atomic E-state index is 11.2. The van der Waals surface area contributed by atoms with Crippen LogP contribution in [0.4, 0.5) is 0 Å². The number of nitrogens with zero attached hydrogens (tertiary/aromatic N) is 2. The molecule has 5 heteroatoms. The van der Waals surface area contributed by atoms with Crippen molar-refractivity contribution < 1.29 is 14.6 Å². The van der Waals surface area contributed by atoms with Gasteiger partial charge in [-0.15, -0.1) is 0 Å². The van der Waals surface area contributed by atoms with Crippen LogP contribution in [0.15, 0.2) is 24.3 Å². The van der Waals surface area contributed by atoms with Crippen molar-refractivity contribution in [3.05, 3.63) is 35.7 Å². The van der Waals surface area contributed by atoms with Gasteiger partial charge in [0.2, 0.25) is 0 Å². The Morgan fingerprint density at radius 2 is 2.22 bits per heavy atom. The number of benzene rings is 1. The van der Waals surface area contributed by atoms with Gasteiger partial charge < -0.3 is 14.4 Å². The number of rotatable bonds is 7. The molecule has 0 fully saturated rings. The molecule has 0 aliphatic heterocycles. The van der Waals surface area contributed by atoms with Gasteiger partial charge in [0, 0.05) is 25.6 Å². The molecule has 5 nitrogen and oxygen atoms in total. The van der Waals surface area contributed by atoms with Crippen molar-refractivity contribution in [2.24, 2.45) is 5.92 Å². The predicted molar refractivity (Wildman–Crippen MR) is 91.0 cm³/mol. The molecule has 0 bridgehead atoms. The van der Waals surface area contributed by atoms with E-state index in [0.717, 1.165) is 35.4 Å². The van der Waals surface area contributed by atoms with E-state index in [2.05, 4.69) is 23.2 Å². The summed E-state index contributed by atoms with van der Waals surface area (Å²) in [5.74, 6) is 1.18. The molecule has 0 spiro atoms. The number of aliphatic hydroxyl groups is 1. The van der Waals surface area contributed by atoms with Crippen molar-refractivity contribution in [1.82, 2.24) is 9.55 Å². The van der Waals surface area contributed by atoms with Crippen molar-refractivity contribution in [3.8, 4) is 0 Å². The maximum Gasteiger partial charge on any atom is 0.330 e. The molecule has 2 rings (SSSR count). The first kappa shape index (κ1) is 17.2. The van der Waals surface area contributed by atoms with Crippen molar-refractivity contribution in [3.63, 3.8) is 0 Å². The van der Waals surface area contributed by atoms with Crippen LogP contribution < -0.4 is 0 Å². The molecule has 0 aliphatic rings. The molecule has 0 aliphatic carbocycles. The number of ether oxygens (including phenoxy) is 1. The quantitative estimate of drug-likeness (QED) is 0.630. The minimum Gasteiger partial charge on any atom is -0.466 e. The lowest BCUT2D eigenvalue weighted by atomic mass is 10.1. The predicted octanol–water partition coefficient (Wildman–Crippen LogP) is 2.80. The minimum atomic E-state index is -0.376. The number of fused-ring (bicyclic) bond motifs is 1. The van der Waals surface area contributed by atoms with Crippen LogP contribution in [0.5, 0.6) is 0 Å². The lowest BCUT2D eigenvalue weighted by Crippen LogP contribution is -2.08. The van der Waals surface area contributed by atoms with Crippen molar-refractivity contribution in [2.45, 2.75) is 33.2 Å². The fraction of sp³-hybridized carbons (Fsp3) is 0.444. The smallest absolute Gasteiger partial charge is 0.330 e. The molecular formula is C18H24N2O3. The molecule has 1 aromatic carbocycles. The van der Waals surface area contributed by atoms with Gasteiger partial charge in [-0.25, -0.2) is 9.78 Å². The van der Waals surface area contributed by atoms with Gasteiger partial charge in [0.1, 0.15) is 5.82 Å². The number of hydrogen-bond donors (Lipinski definition) is 1. The van der Waals surface area contributed by atoms with Crippen LogP contribution in [0.1, 0.15) is 31.7 Å². The van der Waals surface area contributed by atoms with Gasteiger partial charge in [0.05, 0.1) is 18.1 Å². The van der Waals surface area contributed by atoms with Crippen LogP contribution >= 0.6 is 0 Å². The zero-order valence-corrected chi connectivity index (χ0v) is 14.0. The van der Waals surface area contributed by atoms with Gasteiger partial charge >= 0.3 is 5.97 Å². The number of carbonyl (C=O) groups is 1. The second-order valence-electron chi connectivity index (χ2n) is 5.96. The normalized spacial score (nSPS) is 11.7. The highest BCUT2D eigenvalue weighted by Crippen LogP contribution is 2.21. The first-order valence-corrected chi connectivity index (χ1v) is 7.91. The molecule has 0 saturated carbocycles. The number of aromatic nitrogens is 2. The summed E-state index contributed by atoms with van der Waals surface area (Å²) in [6.07, 6.45) is 4.73. The van der Waals surface area contributed by atoms with E-state index in [4.69, 9.17) is 10.1 Å². The highest BCUT2D eigenvalue weighted by Gasteiger charge is 2.12. The van der Waals surface area contributed by atoms with E-state index in [1.807, 2.05) is 18.2 Å². The van der Waals surface area contributed by atoms with E-state index in [9.17, 15) is 4.79 Å². The lowest BCUT2D eigenvalue weighted by Gasteiger charge is -2.10. The number of methoxy groups -OCH3 is 1. The van der Waals surface area contributed by atoms with E-state index in [1.165, 1.54) is 13.2 Å². The number of esters is 1. The fourth-order valence-corrected chi connectivity index (χ4v) is 2.53. The summed E-state index contributed by atoms with van der Waals surface area (Å²) in [4.78, 5) is 15.9. The Labute approximate surface area is 136 Å². The number of imidazole rings is 1. The average molecular weight is 316 g/mol. The zero-order valence-electron chi connectivity index (χ0n) is 14.0. The summed E-state index contributed by atoms with van der Waals surface area (Å²) < 4.78 is 6.78. The third-order valence-electron chi connectivity index (χ3n) is 3.60. The third-order valence-corrected chi connectivity index (χ3v) is 3.60. The largest absolute Gasteiger partial charge is 0.466 e. The number of hydrogen-bond acceptors (Lipinski definition) is 4. The molecule has 0 radical (unpaired) electrons. The number of aliphatic hydroxyl groups excluding tert-OH is 1. The molecular weight excluding hydrogens is 292 g/mol. The maximum absolute atomic E-state index is 11.2. The Kier molecular flexibility index (Phi) is 5.93. The molecule has 0 saturated heterocycles. The van der Waals surface area contributed by atoms with Crippen molar-refractivity contribution in [2.75, 3.05) is 13.7 Å². The second kappa shape index (κ2) is 7.92. The van der Waals surface area contributed by atoms with E-state index in [1.54, 1.807) is 6.08 Å². The number of carbonyl (C=O) groups excluding carboxylic acids is 1. The van der Waals surface area contributed by atoms with E-state index < -0.39 is 0 Å². The summed E-state index contributed by atoms with van der Waals surface area (Å²) in [7, 11) is 1.36. The van der Waals surface area contributed by atoms with Crippen molar-refractivity contribution >= 4 is 23.1 Å². The minimum absolute atomic E-state index is 0.167. The summed E-state index contributed by atoms with van der Waals surface area (Å²) in [5.41, 5.74) is 2.88. The van der Waals surface area contributed by atoms with Crippen LogP contribution in [0.25, 0.3) is 17.1 Å². The fourth-order valence-electron chi connectivity index (χ4n) is 2.53. The molecule has 1 heterocycles. The molecule has 1 N–H and O–H groups in total. The van der Waals surface area contributed by atoms with Crippen LogP contribution in [0.2, 0.25) is 0 Å². The Morgan fingerprint density at radius 1 is 1.43 bits per heavy atom. The topological polar surface area (TPSA) is 64.3 Å². The lowest BCUT2D eigenvalue weighted by molar-refractivity contribution is -0.134. The molecule has 1 aromatic heterocycles. The first-order valence-electron chi connectivity index (χ1n) is 7.91. The summed E-state index contributed by atoms with van der Waals surface area (Å²) in [6, 6.07) is 5.94.